The van der Waals surface area contributed by atoms with Crippen molar-refractivity contribution in [1.82, 2.24) is 15.6 Å². The molecule has 2 heterocycles. The van der Waals surface area contributed by atoms with Crippen molar-refractivity contribution in [2.75, 3.05) is 16.8 Å². The van der Waals surface area contributed by atoms with Gasteiger partial charge in [-0.15, -0.1) is 0 Å². The van der Waals surface area contributed by atoms with E-state index < -0.39 is 15.9 Å². The molecule has 1 aliphatic rings. The topological polar surface area (TPSA) is 117 Å². The number of carbonyl (C=O) groups is 2. The van der Waals surface area contributed by atoms with Crippen LogP contribution in [0.25, 0.3) is 0 Å². The van der Waals surface area contributed by atoms with Crippen LogP contribution >= 0.6 is 0 Å². The molecule has 1 fully saturated rings. The largest absolute Gasteiger partial charge is 0.346 e. The lowest BCUT2D eigenvalue weighted by Crippen LogP contribution is -2.38. The molecule has 0 saturated carbocycles. The van der Waals surface area contributed by atoms with E-state index in [1.54, 1.807) is 36.5 Å². The van der Waals surface area contributed by atoms with E-state index in [1.165, 1.54) is 0 Å². The maximum Gasteiger partial charge on any atom is 0.319 e. The second kappa shape index (κ2) is 8.17. The van der Waals surface area contributed by atoms with Crippen LogP contribution in [0.1, 0.15) is 22.5 Å². The first-order valence-corrected chi connectivity index (χ1v) is 10.3. The highest BCUT2D eigenvalue weighted by molar-refractivity contribution is 7.91. The Kier molecular flexibility index (Phi) is 5.70. The minimum absolute atomic E-state index is 0.0319. The summed E-state index contributed by atoms with van der Waals surface area (Å²) in [5.41, 5.74) is 1.73. The fourth-order valence-corrected chi connectivity index (χ4v) is 4.42. The lowest BCUT2D eigenvalue weighted by molar-refractivity contribution is 0.0950. The molecule has 0 bridgehead atoms. The van der Waals surface area contributed by atoms with Crippen LogP contribution in [0.15, 0.2) is 48.7 Å². The molecule has 3 amide bonds. The van der Waals surface area contributed by atoms with Gasteiger partial charge in [-0.05, 0) is 42.8 Å². The van der Waals surface area contributed by atoms with E-state index in [9.17, 15) is 18.0 Å². The Morgan fingerprint density at radius 2 is 1.89 bits per heavy atom. The first kappa shape index (κ1) is 18.8. The molecule has 1 aliphatic heterocycles. The Bertz CT molecular complexity index is 914. The molecule has 9 heteroatoms. The SMILES string of the molecule is O=C(Nc1ccc(C(=O)NCc2ccccn2)cc1)N[C@H]1CCS(=O)(=O)C1. The van der Waals surface area contributed by atoms with Gasteiger partial charge in [0, 0.05) is 23.5 Å². The molecule has 0 aliphatic carbocycles. The summed E-state index contributed by atoms with van der Waals surface area (Å²) in [5.74, 6) is -0.177. The molecule has 2 aromatic rings. The van der Waals surface area contributed by atoms with Crippen molar-refractivity contribution in [3.8, 4) is 0 Å². The molecule has 8 nitrogen and oxygen atoms in total. The zero-order valence-corrected chi connectivity index (χ0v) is 15.3. The zero-order chi connectivity index (χ0) is 19.3. The summed E-state index contributed by atoms with van der Waals surface area (Å²) in [6.45, 7) is 0.326. The third kappa shape index (κ3) is 5.52. The first-order chi connectivity index (χ1) is 12.9. The van der Waals surface area contributed by atoms with E-state index in [0.29, 0.717) is 24.2 Å². The Morgan fingerprint density at radius 3 is 2.52 bits per heavy atom. The third-order valence-electron chi connectivity index (χ3n) is 4.13. The minimum atomic E-state index is -3.05. The Morgan fingerprint density at radius 1 is 1.11 bits per heavy atom. The summed E-state index contributed by atoms with van der Waals surface area (Å²) in [5, 5.41) is 8.05. The van der Waals surface area contributed by atoms with Crippen molar-refractivity contribution >= 4 is 27.5 Å². The first-order valence-electron chi connectivity index (χ1n) is 8.47. The van der Waals surface area contributed by atoms with Gasteiger partial charge in [-0.1, -0.05) is 6.07 Å². The number of hydrogen-bond acceptors (Lipinski definition) is 5. The van der Waals surface area contributed by atoms with Crippen molar-refractivity contribution in [2.45, 2.75) is 19.0 Å². The van der Waals surface area contributed by atoms with E-state index in [1.807, 2.05) is 12.1 Å². The number of hydrogen-bond donors (Lipinski definition) is 3. The zero-order valence-electron chi connectivity index (χ0n) is 14.5. The molecule has 1 aromatic carbocycles. The number of anilines is 1. The van der Waals surface area contributed by atoms with Gasteiger partial charge in [0.05, 0.1) is 23.7 Å². The molecular weight excluding hydrogens is 368 g/mol. The molecule has 1 saturated heterocycles. The molecule has 0 spiro atoms. The highest BCUT2D eigenvalue weighted by Gasteiger charge is 2.28. The normalized spacial score (nSPS) is 17.9. The number of benzene rings is 1. The van der Waals surface area contributed by atoms with Gasteiger partial charge in [0.15, 0.2) is 9.84 Å². The summed E-state index contributed by atoms with van der Waals surface area (Å²) in [7, 11) is -3.05. The van der Waals surface area contributed by atoms with E-state index in [2.05, 4.69) is 20.9 Å². The number of pyridine rings is 1. The molecule has 0 unspecified atom stereocenters. The lowest BCUT2D eigenvalue weighted by atomic mass is 10.2. The summed E-state index contributed by atoms with van der Waals surface area (Å²) in [6.07, 6.45) is 2.08. The van der Waals surface area contributed by atoms with Crippen LogP contribution in [-0.4, -0.2) is 42.9 Å². The van der Waals surface area contributed by atoms with Crippen LogP contribution in [0.2, 0.25) is 0 Å². The number of urea groups is 1. The molecular formula is C18H20N4O4S. The number of sulfone groups is 1. The van der Waals surface area contributed by atoms with Gasteiger partial charge in [-0.25, -0.2) is 13.2 Å². The number of carbonyl (C=O) groups excluding carboxylic acids is 2. The van der Waals surface area contributed by atoms with Gasteiger partial charge in [0.1, 0.15) is 0 Å². The molecule has 0 radical (unpaired) electrons. The molecule has 1 aromatic heterocycles. The molecule has 3 N–H and O–H groups in total. The molecule has 3 rings (SSSR count). The smallest absolute Gasteiger partial charge is 0.319 e. The Balaban J connectivity index is 1.49. The molecule has 1 atom stereocenters. The van der Waals surface area contributed by atoms with Gasteiger partial charge in [0.2, 0.25) is 0 Å². The van der Waals surface area contributed by atoms with Crippen LogP contribution in [-0.2, 0) is 16.4 Å². The number of nitrogens with zero attached hydrogens (tertiary/aromatic N) is 1. The molecule has 27 heavy (non-hydrogen) atoms. The maximum absolute atomic E-state index is 12.1. The van der Waals surface area contributed by atoms with E-state index in [4.69, 9.17) is 0 Å². The van der Waals surface area contributed by atoms with E-state index in [0.717, 1.165) is 5.69 Å². The van der Waals surface area contributed by atoms with Crippen molar-refractivity contribution < 1.29 is 18.0 Å². The number of aromatic nitrogens is 1. The van der Waals surface area contributed by atoms with Gasteiger partial charge in [-0.2, -0.15) is 0 Å². The highest BCUT2D eigenvalue weighted by atomic mass is 32.2. The number of nitrogens with one attached hydrogen (secondary N) is 3. The number of amides is 3. The average molecular weight is 388 g/mol. The maximum atomic E-state index is 12.1. The van der Waals surface area contributed by atoms with Gasteiger partial charge >= 0.3 is 6.03 Å². The second-order valence-electron chi connectivity index (χ2n) is 6.28. The lowest BCUT2D eigenvalue weighted by Gasteiger charge is -2.12. The van der Waals surface area contributed by atoms with Crippen molar-refractivity contribution in [1.29, 1.82) is 0 Å². The fraction of sp³-hybridized carbons (Fsp3) is 0.278. The summed E-state index contributed by atoms with van der Waals surface area (Å²) < 4.78 is 22.8. The van der Waals surface area contributed by atoms with Gasteiger partial charge in [0.25, 0.3) is 5.91 Å². The van der Waals surface area contributed by atoms with E-state index in [-0.39, 0.29) is 23.5 Å². The Labute approximate surface area is 157 Å². The second-order valence-corrected chi connectivity index (χ2v) is 8.51. The predicted molar refractivity (Wildman–Crippen MR) is 101 cm³/mol. The van der Waals surface area contributed by atoms with Crippen LogP contribution in [0.3, 0.4) is 0 Å². The highest BCUT2D eigenvalue weighted by Crippen LogP contribution is 2.13. The summed E-state index contributed by atoms with van der Waals surface area (Å²) in [6, 6.07) is 11.1. The standard InChI is InChI=1S/C18H20N4O4S/c23-17(20-11-15-3-1-2-9-19-15)13-4-6-14(7-5-13)21-18(24)22-16-8-10-27(25,26)12-16/h1-7,9,16H,8,10-12H2,(H,20,23)(H2,21,22,24)/t16-/m0/s1. The van der Waals surface area contributed by atoms with Crippen LogP contribution in [0.5, 0.6) is 0 Å². The van der Waals surface area contributed by atoms with Gasteiger partial charge < -0.3 is 16.0 Å². The van der Waals surface area contributed by atoms with Gasteiger partial charge in [-0.3, -0.25) is 9.78 Å². The van der Waals surface area contributed by atoms with Crippen LogP contribution in [0.4, 0.5) is 10.5 Å². The van der Waals surface area contributed by atoms with Crippen molar-refractivity contribution in [3.05, 3.63) is 59.9 Å². The predicted octanol–water partition coefficient (Wildman–Crippen LogP) is 1.32. The van der Waals surface area contributed by atoms with Crippen LogP contribution in [0, 0.1) is 0 Å². The Hall–Kier alpha value is -2.94. The van der Waals surface area contributed by atoms with Crippen molar-refractivity contribution in [3.63, 3.8) is 0 Å². The minimum Gasteiger partial charge on any atom is -0.346 e. The van der Waals surface area contributed by atoms with Crippen LogP contribution < -0.4 is 16.0 Å². The average Bonchev–Trinajstić information content (AvgIpc) is 2.99. The third-order valence-corrected chi connectivity index (χ3v) is 5.90. The van der Waals surface area contributed by atoms with Crippen molar-refractivity contribution in [2.24, 2.45) is 0 Å². The quantitative estimate of drug-likeness (QED) is 0.714. The summed E-state index contributed by atoms with van der Waals surface area (Å²) >= 11 is 0. The van der Waals surface area contributed by atoms with E-state index >= 15 is 0 Å². The number of rotatable bonds is 5. The fourth-order valence-electron chi connectivity index (χ4n) is 2.74. The monoisotopic (exact) mass is 388 g/mol. The molecule has 142 valence electrons. The summed E-state index contributed by atoms with van der Waals surface area (Å²) in [4.78, 5) is 28.2.